The highest BCUT2D eigenvalue weighted by Gasteiger charge is 2.35. The van der Waals surface area contributed by atoms with Crippen LogP contribution in [0, 0.1) is 5.82 Å². The zero-order chi connectivity index (χ0) is 15.6. The lowest BCUT2D eigenvalue weighted by Crippen LogP contribution is -2.45. The van der Waals surface area contributed by atoms with E-state index < -0.39 is 17.3 Å². The van der Waals surface area contributed by atoms with E-state index in [4.69, 9.17) is 28.9 Å². The van der Waals surface area contributed by atoms with Gasteiger partial charge in [0.05, 0.1) is 0 Å². The lowest BCUT2D eigenvalue weighted by Gasteiger charge is -2.30. The molecule has 0 aromatic heterocycles. The molecule has 0 heterocycles. The van der Waals surface area contributed by atoms with Crippen LogP contribution in [-0.2, 0) is 10.3 Å². The minimum Gasteiger partial charge on any atom is -0.368 e. The standard InChI is InChI=1S/C15H13Cl2FN2O/c1-15(14(19)21,12-6-5-9(16)7-13(12)17)20-11-4-2-3-10(18)8-11/h2-8,20H,1H3,(H2,19,21). The molecule has 0 aliphatic rings. The fraction of sp³-hybridized carbons (Fsp3) is 0.133. The van der Waals surface area contributed by atoms with E-state index in [-0.39, 0.29) is 0 Å². The van der Waals surface area contributed by atoms with E-state index in [1.54, 1.807) is 25.1 Å². The first-order chi connectivity index (χ1) is 9.83. The summed E-state index contributed by atoms with van der Waals surface area (Å²) in [4.78, 5) is 11.9. The number of carbonyl (C=O) groups is 1. The number of hydrogen-bond acceptors (Lipinski definition) is 2. The zero-order valence-electron chi connectivity index (χ0n) is 11.2. The van der Waals surface area contributed by atoms with E-state index in [9.17, 15) is 9.18 Å². The first-order valence-electron chi connectivity index (χ1n) is 6.12. The third kappa shape index (κ3) is 3.28. The molecular weight excluding hydrogens is 314 g/mol. The summed E-state index contributed by atoms with van der Waals surface area (Å²) in [5.41, 5.74) is 5.09. The van der Waals surface area contributed by atoms with Gasteiger partial charge in [-0.3, -0.25) is 4.79 Å². The van der Waals surface area contributed by atoms with Gasteiger partial charge in [0.2, 0.25) is 5.91 Å². The van der Waals surface area contributed by atoms with Crippen LogP contribution in [0.5, 0.6) is 0 Å². The van der Waals surface area contributed by atoms with Crippen LogP contribution in [0.25, 0.3) is 0 Å². The molecule has 6 heteroatoms. The highest BCUT2D eigenvalue weighted by atomic mass is 35.5. The minimum absolute atomic E-state index is 0.299. The maximum Gasteiger partial charge on any atom is 0.247 e. The van der Waals surface area contributed by atoms with Crippen LogP contribution in [0.15, 0.2) is 42.5 Å². The zero-order valence-corrected chi connectivity index (χ0v) is 12.7. The summed E-state index contributed by atoms with van der Waals surface area (Å²) >= 11 is 12.0. The number of carbonyl (C=O) groups excluding carboxylic acids is 1. The van der Waals surface area contributed by atoms with Crippen molar-refractivity contribution in [1.82, 2.24) is 0 Å². The fourth-order valence-corrected chi connectivity index (χ4v) is 2.61. The molecule has 3 nitrogen and oxygen atoms in total. The maximum atomic E-state index is 13.3. The molecule has 2 rings (SSSR count). The summed E-state index contributed by atoms with van der Waals surface area (Å²) in [6.45, 7) is 1.58. The predicted octanol–water partition coefficient (Wildman–Crippen LogP) is 3.95. The van der Waals surface area contributed by atoms with E-state index in [1.807, 2.05) is 0 Å². The number of hydrogen-bond donors (Lipinski definition) is 2. The Bertz CT molecular complexity index is 693. The van der Waals surface area contributed by atoms with Crippen molar-refractivity contribution in [2.45, 2.75) is 12.5 Å². The number of rotatable bonds is 4. The summed E-state index contributed by atoms with van der Waals surface area (Å²) in [5, 5.41) is 3.67. The monoisotopic (exact) mass is 326 g/mol. The van der Waals surface area contributed by atoms with Gasteiger partial charge in [-0.15, -0.1) is 0 Å². The molecule has 0 saturated carbocycles. The van der Waals surface area contributed by atoms with Crippen molar-refractivity contribution in [3.63, 3.8) is 0 Å². The van der Waals surface area contributed by atoms with Crippen LogP contribution in [0.1, 0.15) is 12.5 Å². The average Bonchev–Trinajstić information content (AvgIpc) is 2.38. The van der Waals surface area contributed by atoms with Crippen molar-refractivity contribution in [3.8, 4) is 0 Å². The first kappa shape index (κ1) is 15.6. The van der Waals surface area contributed by atoms with Crippen molar-refractivity contribution in [1.29, 1.82) is 0 Å². The third-order valence-electron chi connectivity index (χ3n) is 3.18. The van der Waals surface area contributed by atoms with Gasteiger partial charge >= 0.3 is 0 Å². The number of primary amides is 1. The van der Waals surface area contributed by atoms with E-state index in [0.29, 0.717) is 21.3 Å². The molecule has 0 aliphatic carbocycles. The Morgan fingerprint density at radius 2 is 1.95 bits per heavy atom. The van der Waals surface area contributed by atoms with Crippen LogP contribution >= 0.6 is 23.2 Å². The van der Waals surface area contributed by atoms with Crippen molar-refractivity contribution < 1.29 is 9.18 Å². The number of benzene rings is 2. The molecule has 3 N–H and O–H groups in total. The molecule has 110 valence electrons. The summed E-state index contributed by atoms with van der Waals surface area (Å²) < 4.78 is 13.3. The van der Waals surface area contributed by atoms with Gasteiger partial charge in [-0.25, -0.2) is 4.39 Å². The second kappa shape index (κ2) is 5.92. The van der Waals surface area contributed by atoms with E-state index >= 15 is 0 Å². The van der Waals surface area contributed by atoms with Gasteiger partial charge in [0.1, 0.15) is 11.4 Å². The number of amides is 1. The van der Waals surface area contributed by atoms with Gasteiger partial charge in [0.15, 0.2) is 0 Å². The second-order valence-corrected chi connectivity index (χ2v) is 5.59. The van der Waals surface area contributed by atoms with Gasteiger partial charge in [-0.05, 0) is 37.3 Å². The quantitative estimate of drug-likeness (QED) is 0.893. The summed E-state index contributed by atoms with van der Waals surface area (Å²) in [7, 11) is 0. The highest BCUT2D eigenvalue weighted by molar-refractivity contribution is 6.35. The molecule has 1 atom stereocenters. The van der Waals surface area contributed by atoms with Crippen molar-refractivity contribution in [2.24, 2.45) is 5.73 Å². The molecule has 1 amide bonds. The van der Waals surface area contributed by atoms with Crippen LogP contribution in [0.3, 0.4) is 0 Å². The largest absolute Gasteiger partial charge is 0.368 e. The van der Waals surface area contributed by atoms with Crippen LogP contribution in [0.4, 0.5) is 10.1 Å². The van der Waals surface area contributed by atoms with E-state index in [2.05, 4.69) is 5.32 Å². The van der Waals surface area contributed by atoms with Gasteiger partial charge in [-0.1, -0.05) is 35.3 Å². The van der Waals surface area contributed by atoms with Gasteiger partial charge in [-0.2, -0.15) is 0 Å². The van der Waals surface area contributed by atoms with E-state index in [1.165, 1.54) is 24.3 Å². The molecule has 0 spiro atoms. The molecule has 0 fully saturated rings. The smallest absolute Gasteiger partial charge is 0.247 e. The maximum absolute atomic E-state index is 13.3. The molecule has 0 saturated heterocycles. The highest BCUT2D eigenvalue weighted by Crippen LogP contribution is 2.33. The average molecular weight is 327 g/mol. The van der Waals surface area contributed by atoms with Gasteiger partial charge in [0, 0.05) is 21.3 Å². The Morgan fingerprint density at radius 1 is 1.24 bits per heavy atom. The van der Waals surface area contributed by atoms with Gasteiger partial charge < -0.3 is 11.1 Å². The van der Waals surface area contributed by atoms with Crippen molar-refractivity contribution >= 4 is 34.8 Å². The van der Waals surface area contributed by atoms with Crippen LogP contribution in [-0.4, -0.2) is 5.91 Å². The van der Waals surface area contributed by atoms with Crippen molar-refractivity contribution in [3.05, 3.63) is 63.9 Å². The Kier molecular flexibility index (Phi) is 4.40. The van der Waals surface area contributed by atoms with Gasteiger partial charge in [0.25, 0.3) is 0 Å². The summed E-state index contributed by atoms with van der Waals surface area (Å²) in [6, 6.07) is 10.5. The lowest BCUT2D eigenvalue weighted by atomic mass is 9.90. The number of nitrogens with one attached hydrogen (secondary N) is 1. The topological polar surface area (TPSA) is 55.1 Å². The first-order valence-corrected chi connectivity index (χ1v) is 6.88. The van der Waals surface area contributed by atoms with Crippen LogP contribution < -0.4 is 11.1 Å². The third-order valence-corrected chi connectivity index (χ3v) is 3.73. The molecule has 0 aliphatic heterocycles. The number of anilines is 1. The Balaban J connectivity index is 2.48. The molecule has 0 bridgehead atoms. The summed E-state index contributed by atoms with van der Waals surface area (Å²) in [5.74, 6) is -1.06. The molecular formula is C15H13Cl2FN2O. The predicted molar refractivity (Wildman–Crippen MR) is 83.0 cm³/mol. The number of nitrogens with two attached hydrogens (primary N) is 1. The van der Waals surface area contributed by atoms with Crippen molar-refractivity contribution in [2.75, 3.05) is 5.32 Å². The lowest BCUT2D eigenvalue weighted by molar-refractivity contribution is -0.122. The SMILES string of the molecule is CC(Nc1cccc(F)c1)(C(N)=O)c1ccc(Cl)cc1Cl. The minimum atomic E-state index is -1.30. The van der Waals surface area contributed by atoms with Crippen LogP contribution in [0.2, 0.25) is 10.0 Å². The normalized spacial score (nSPS) is 13.5. The molecule has 0 radical (unpaired) electrons. The molecule has 21 heavy (non-hydrogen) atoms. The Hall–Kier alpha value is -1.78. The molecule has 1 unspecified atom stereocenters. The summed E-state index contributed by atoms with van der Waals surface area (Å²) in [6.07, 6.45) is 0. The molecule has 2 aromatic carbocycles. The molecule has 2 aromatic rings. The Morgan fingerprint density at radius 3 is 2.52 bits per heavy atom. The Labute approximate surface area is 131 Å². The number of halogens is 3. The second-order valence-electron chi connectivity index (χ2n) is 4.75. The fourth-order valence-electron chi connectivity index (χ4n) is 2.01. The van der Waals surface area contributed by atoms with E-state index in [0.717, 1.165) is 0 Å².